The van der Waals surface area contributed by atoms with E-state index in [0.717, 1.165) is 11.8 Å². The third-order valence-corrected chi connectivity index (χ3v) is 6.65. The summed E-state index contributed by atoms with van der Waals surface area (Å²) in [6.07, 6.45) is 1.65. The number of benzene rings is 2. The SMILES string of the molecule is NC(CSC(Cn1cncn1)(c1ccc(F)cc1)C(O)c1ccccc1Cl)C(=O)O. The molecule has 30 heavy (non-hydrogen) atoms. The van der Waals surface area contributed by atoms with E-state index in [2.05, 4.69) is 10.1 Å². The van der Waals surface area contributed by atoms with Gasteiger partial charge in [0.05, 0.1) is 11.3 Å². The quantitative estimate of drug-likeness (QED) is 0.459. The number of nitrogens with zero attached hydrogens (tertiary/aromatic N) is 3. The van der Waals surface area contributed by atoms with Gasteiger partial charge in [-0.3, -0.25) is 9.48 Å². The average molecular weight is 451 g/mol. The Morgan fingerprint density at radius 2 is 1.97 bits per heavy atom. The summed E-state index contributed by atoms with van der Waals surface area (Å²) in [5.74, 6) is -1.61. The second kappa shape index (κ2) is 9.57. The van der Waals surface area contributed by atoms with E-state index in [0.29, 0.717) is 16.1 Å². The van der Waals surface area contributed by atoms with Crippen LogP contribution in [0.3, 0.4) is 0 Å². The van der Waals surface area contributed by atoms with Crippen molar-refractivity contribution in [2.45, 2.75) is 23.4 Å². The van der Waals surface area contributed by atoms with E-state index in [1.54, 1.807) is 36.4 Å². The molecule has 0 aliphatic carbocycles. The second-order valence-electron chi connectivity index (χ2n) is 6.67. The molecule has 3 rings (SSSR count). The molecule has 3 aromatic rings. The molecule has 0 aliphatic rings. The highest BCUT2D eigenvalue weighted by Gasteiger charge is 2.43. The van der Waals surface area contributed by atoms with Crippen LogP contribution < -0.4 is 5.73 Å². The Bertz CT molecular complexity index is 990. The summed E-state index contributed by atoms with van der Waals surface area (Å²) in [6, 6.07) is 11.3. The minimum Gasteiger partial charge on any atom is -0.480 e. The molecule has 0 spiro atoms. The van der Waals surface area contributed by atoms with Crippen LogP contribution in [-0.2, 0) is 16.1 Å². The predicted molar refractivity (Wildman–Crippen MR) is 113 cm³/mol. The van der Waals surface area contributed by atoms with Crippen molar-refractivity contribution in [2.24, 2.45) is 5.73 Å². The van der Waals surface area contributed by atoms with Gasteiger partial charge < -0.3 is 15.9 Å². The average Bonchev–Trinajstić information content (AvgIpc) is 3.24. The van der Waals surface area contributed by atoms with E-state index >= 15 is 0 Å². The molecule has 0 saturated carbocycles. The summed E-state index contributed by atoms with van der Waals surface area (Å²) in [6.45, 7) is 0.113. The first-order valence-electron chi connectivity index (χ1n) is 8.97. The van der Waals surface area contributed by atoms with Gasteiger partial charge in [0, 0.05) is 16.3 Å². The van der Waals surface area contributed by atoms with Crippen LogP contribution >= 0.6 is 23.4 Å². The summed E-state index contributed by atoms with van der Waals surface area (Å²) in [5.41, 5.74) is 6.75. The summed E-state index contributed by atoms with van der Waals surface area (Å²) in [4.78, 5) is 15.3. The molecule has 158 valence electrons. The zero-order valence-electron chi connectivity index (χ0n) is 15.7. The smallest absolute Gasteiger partial charge is 0.321 e. The van der Waals surface area contributed by atoms with Crippen molar-refractivity contribution in [3.8, 4) is 0 Å². The van der Waals surface area contributed by atoms with Crippen molar-refractivity contribution >= 4 is 29.3 Å². The molecule has 1 heterocycles. The van der Waals surface area contributed by atoms with E-state index in [1.807, 2.05) is 0 Å². The lowest BCUT2D eigenvalue weighted by Gasteiger charge is -2.39. The van der Waals surface area contributed by atoms with Gasteiger partial charge in [0.1, 0.15) is 30.6 Å². The van der Waals surface area contributed by atoms with Crippen molar-refractivity contribution in [2.75, 3.05) is 5.75 Å². The standard InChI is InChI=1S/C20H20ClFN4O3S/c21-16-4-2-1-3-15(16)18(27)20(10-26-12-24-11-25-26,30-9-17(23)19(28)29)13-5-7-14(22)8-6-13/h1-8,11-12,17-18,27H,9-10,23H2,(H,28,29). The minimum absolute atomic E-state index is 0.0110. The molecule has 10 heteroatoms. The van der Waals surface area contributed by atoms with Crippen molar-refractivity contribution in [3.05, 3.63) is 83.2 Å². The summed E-state index contributed by atoms with van der Waals surface area (Å²) < 4.78 is 14.0. The Hall–Kier alpha value is -2.46. The predicted octanol–water partition coefficient (Wildman–Crippen LogP) is 2.84. The highest BCUT2D eigenvalue weighted by molar-refractivity contribution is 8.00. The van der Waals surface area contributed by atoms with Gasteiger partial charge in [-0.05, 0) is 23.8 Å². The number of halogens is 2. The minimum atomic E-state index is -1.19. The molecule has 0 bridgehead atoms. The second-order valence-corrected chi connectivity index (χ2v) is 8.43. The molecular weight excluding hydrogens is 431 g/mol. The Morgan fingerprint density at radius 3 is 2.57 bits per heavy atom. The van der Waals surface area contributed by atoms with Crippen LogP contribution in [0.5, 0.6) is 0 Å². The van der Waals surface area contributed by atoms with Crippen LogP contribution in [0.1, 0.15) is 17.2 Å². The van der Waals surface area contributed by atoms with Crippen LogP contribution in [-0.4, -0.2) is 42.7 Å². The molecule has 0 aliphatic heterocycles. The van der Waals surface area contributed by atoms with Crippen molar-refractivity contribution in [3.63, 3.8) is 0 Å². The van der Waals surface area contributed by atoms with Gasteiger partial charge in [-0.2, -0.15) is 5.10 Å². The van der Waals surface area contributed by atoms with Gasteiger partial charge in [-0.1, -0.05) is 41.9 Å². The van der Waals surface area contributed by atoms with Gasteiger partial charge >= 0.3 is 5.97 Å². The maximum atomic E-state index is 13.6. The monoisotopic (exact) mass is 450 g/mol. The molecule has 0 fully saturated rings. The Kier molecular flexibility index (Phi) is 7.09. The number of rotatable bonds is 9. The van der Waals surface area contributed by atoms with Crippen molar-refractivity contribution < 1.29 is 19.4 Å². The fraction of sp³-hybridized carbons (Fsp3) is 0.250. The maximum Gasteiger partial charge on any atom is 0.321 e. The molecule has 0 saturated heterocycles. The largest absolute Gasteiger partial charge is 0.480 e. The van der Waals surface area contributed by atoms with Gasteiger partial charge in [-0.15, -0.1) is 11.8 Å². The van der Waals surface area contributed by atoms with Crippen molar-refractivity contribution in [1.82, 2.24) is 14.8 Å². The van der Waals surface area contributed by atoms with Crippen LogP contribution in [0, 0.1) is 5.82 Å². The summed E-state index contributed by atoms with van der Waals surface area (Å²) in [5, 5.41) is 25.3. The number of aliphatic carboxylic acids is 1. The van der Waals surface area contributed by atoms with Crippen molar-refractivity contribution in [1.29, 1.82) is 0 Å². The fourth-order valence-electron chi connectivity index (χ4n) is 3.09. The molecule has 3 unspecified atom stereocenters. The van der Waals surface area contributed by atoms with E-state index in [9.17, 15) is 19.4 Å². The normalized spacial score (nSPS) is 15.3. The van der Waals surface area contributed by atoms with Gasteiger partial charge in [0.25, 0.3) is 0 Å². The number of carboxylic acid groups (broad SMARTS) is 1. The van der Waals surface area contributed by atoms with Gasteiger partial charge in [-0.25, -0.2) is 9.37 Å². The number of hydrogen-bond donors (Lipinski definition) is 3. The third-order valence-electron chi connectivity index (χ3n) is 4.68. The highest BCUT2D eigenvalue weighted by Crippen LogP contribution is 2.49. The van der Waals surface area contributed by atoms with E-state index < -0.39 is 28.7 Å². The van der Waals surface area contributed by atoms with Crippen LogP contribution in [0.25, 0.3) is 0 Å². The Balaban J connectivity index is 2.14. The van der Waals surface area contributed by atoms with Gasteiger partial charge in [0.2, 0.25) is 0 Å². The zero-order chi connectivity index (χ0) is 21.7. The number of aromatic nitrogens is 3. The van der Waals surface area contributed by atoms with Crippen LogP contribution in [0.4, 0.5) is 4.39 Å². The lowest BCUT2D eigenvalue weighted by molar-refractivity contribution is -0.137. The molecular formula is C20H20ClFN4O3S. The fourth-order valence-corrected chi connectivity index (χ4v) is 4.76. The molecule has 0 radical (unpaired) electrons. The number of aliphatic hydroxyl groups excluding tert-OH is 1. The lowest BCUT2D eigenvalue weighted by atomic mass is 9.87. The van der Waals surface area contributed by atoms with E-state index in [1.165, 1.54) is 29.5 Å². The van der Waals surface area contributed by atoms with Crippen LogP contribution in [0.2, 0.25) is 5.02 Å². The first-order chi connectivity index (χ1) is 14.3. The first kappa shape index (κ1) is 22.2. The first-order valence-corrected chi connectivity index (χ1v) is 10.3. The number of nitrogens with two attached hydrogens (primary N) is 1. The summed E-state index contributed by atoms with van der Waals surface area (Å²) in [7, 11) is 0. The molecule has 3 atom stereocenters. The third kappa shape index (κ3) is 4.81. The number of carbonyl (C=O) groups is 1. The molecule has 4 N–H and O–H groups in total. The maximum absolute atomic E-state index is 13.6. The van der Waals surface area contributed by atoms with Crippen LogP contribution in [0.15, 0.2) is 61.2 Å². The topological polar surface area (TPSA) is 114 Å². The molecule has 7 nitrogen and oxygen atoms in total. The number of carboxylic acids is 1. The van der Waals surface area contributed by atoms with Gasteiger partial charge in [0.15, 0.2) is 0 Å². The van der Waals surface area contributed by atoms with E-state index in [-0.39, 0.29) is 12.3 Å². The number of hydrogen-bond acceptors (Lipinski definition) is 6. The molecule has 0 amide bonds. The summed E-state index contributed by atoms with van der Waals surface area (Å²) >= 11 is 7.50. The van der Waals surface area contributed by atoms with E-state index in [4.69, 9.17) is 17.3 Å². The number of thioether (sulfide) groups is 1. The zero-order valence-corrected chi connectivity index (χ0v) is 17.3. The molecule has 1 aromatic heterocycles. The Morgan fingerprint density at radius 1 is 1.27 bits per heavy atom. The highest BCUT2D eigenvalue weighted by atomic mass is 35.5. The molecule has 2 aromatic carbocycles. The lowest BCUT2D eigenvalue weighted by Crippen LogP contribution is -2.40. The number of aliphatic hydroxyl groups is 1. The Labute approximate surface area is 181 Å².